The van der Waals surface area contributed by atoms with Crippen LogP contribution in [-0.4, -0.2) is 32.4 Å². The quantitative estimate of drug-likeness (QED) is 0.131. The molecule has 0 amide bonds. The summed E-state index contributed by atoms with van der Waals surface area (Å²) in [4.78, 5) is 2.33. The van der Waals surface area contributed by atoms with E-state index in [1.807, 2.05) is 30.3 Å². The van der Waals surface area contributed by atoms with Crippen molar-refractivity contribution in [3.8, 4) is 17.2 Å². The number of anilines is 1. The van der Waals surface area contributed by atoms with Gasteiger partial charge in [-0.15, -0.1) is 0 Å². The summed E-state index contributed by atoms with van der Waals surface area (Å²) in [5.41, 5.74) is 3.25. The topological polar surface area (TPSA) is 41.9 Å². The Morgan fingerprint density at radius 2 is 1.31 bits per heavy atom. The first kappa shape index (κ1) is 35.6. The molecule has 0 aromatic heterocycles. The first-order valence-corrected chi connectivity index (χ1v) is 16.3. The third-order valence-electron chi connectivity index (χ3n) is 7.87. The van der Waals surface area contributed by atoms with Crippen molar-refractivity contribution in [1.29, 1.82) is 0 Å². The molecular weight excluding hydrogens is 584 g/mol. The van der Waals surface area contributed by atoms with Gasteiger partial charge in [-0.1, -0.05) is 55.3 Å². The maximum atomic E-state index is 11.6. The summed E-state index contributed by atoms with van der Waals surface area (Å²) in [6.07, 6.45) is 17.1. The summed E-state index contributed by atoms with van der Waals surface area (Å²) >= 11 is 0. The molecule has 3 aromatic rings. The fraction of sp³-hybridized carbons (Fsp3) is 0.389. The number of piperidine rings is 1. The van der Waals surface area contributed by atoms with Crippen molar-refractivity contribution in [3.63, 3.8) is 0 Å². The smallest absolute Gasteiger partial charge is 0.182 e. The van der Waals surface area contributed by atoms with Crippen LogP contribution >= 0.6 is 7.92 Å². The predicted molar refractivity (Wildman–Crippen MR) is 180 cm³/mol. The zero-order valence-electron chi connectivity index (χ0n) is 26.0. The van der Waals surface area contributed by atoms with E-state index in [0.29, 0.717) is 5.75 Å². The zero-order chi connectivity index (χ0) is 28.3. The number of benzene rings is 3. The molecule has 1 N–H and O–H groups in total. The molecule has 0 bridgehead atoms. The van der Waals surface area contributed by atoms with E-state index in [2.05, 4.69) is 61.6 Å². The predicted octanol–water partition coefficient (Wildman–Crippen LogP) is 7.67. The maximum absolute atomic E-state index is 11.6. The number of aryl methyl sites for hydroxylation is 2. The van der Waals surface area contributed by atoms with Gasteiger partial charge in [-0.3, -0.25) is 0 Å². The Morgan fingerprint density at radius 1 is 0.738 bits per heavy atom. The van der Waals surface area contributed by atoms with Crippen molar-refractivity contribution in [2.75, 3.05) is 32.2 Å². The van der Waals surface area contributed by atoms with Crippen LogP contribution in [0.3, 0.4) is 0 Å². The Balaban J connectivity index is 0.000000535. The molecule has 1 heterocycles. The fourth-order valence-corrected chi connectivity index (χ4v) is 8.99. The van der Waals surface area contributed by atoms with Crippen LogP contribution in [0.1, 0.15) is 62.5 Å². The van der Waals surface area contributed by atoms with E-state index in [9.17, 15) is 5.11 Å². The monoisotopic (exact) mass is 632 g/mol. The summed E-state index contributed by atoms with van der Waals surface area (Å²) in [6, 6.07) is 18.5. The number of phenols is 1. The van der Waals surface area contributed by atoms with Crippen molar-refractivity contribution in [1.82, 2.24) is 0 Å². The van der Waals surface area contributed by atoms with Crippen molar-refractivity contribution < 1.29 is 31.1 Å². The van der Waals surface area contributed by atoms with Gasteiger partial charge in [0, 0.05) is 37.0 Å². The Kier molecular flexibility index (Phi) is 15.4. The number of allylic oxidation sites excluding steroid dienone is 2. The Morgan fingerprint density at radius 3 is 1.90 bits per heavy atom. The van der Waals surface area contributed by atoms with Crippen LogP contribution < -0.4 is 30.3 Å². The van der Waals surface area contributed by atoms with Crippen molar-refractivity contribution in [3.05, 3.63) is 91.7 Å². The van der Waals surface area contributed by atoms with E-state index >= 15 is 0 Å². The van der Waals surface area contributed by atoms with E-state index in [4.69, 9.17) is 9.47 Å². The average molecular weight is 633 g/mol. The number of aromatic hydroxyl groups is 1. The molecule has 5 rings (SSSR count). The summed E-state index contributed by atoms with van der Waals surface area (Å²) < 4.78 is 11.7. The van der Waals surface area contributed by atoms with Gasteiger partial charge in [-0.2, -0.15) is 12.8 Å². The molecule has 1 saturated heterocycles. The number of rotatable bonds is 6. The van der Waals surface area contributed by atoms with E-state index in [1.165, 1.54) is 51.4 Å². The van der Waals surface area contributed by atoms with Crippen LogP contribution in [0.15, 0.2) is 66.7 Å². The first-order chi connectivity index (χ1) is 19.6. The van der Waals surface area contributed by atoms with Crippen LogP contribution in [0.2, 0.25) is 0 Å². The molecule has 2 aliphatic rings. The SMILES string of the molecule is C1=C\CCC[CH-]CC/1.COc1cccc(C)c1[PH+](c1cccc(N2CCCCC2)c1O)c1c(C)cccc1OC.[CH3+].[Ni]. The minimum atomic E-state index is -1.64. The van der Waals surface area contributed by atoms with Crippen LogP contribution in [0.4, 0.5) is 5.69 Å². The van der Waals surface area contributed by atoms with Gasteiger partial charge in [-0.05, 0) is 74.9 Å². The fourth-order valence-electron chi connectivity index (χ4n) is 5.75. The molecule has 0 atom stereocenters. The molecule has 0 unspecified atom stereocenters. The second kappa shape index (κ2) is 18.1. The molecule has 42 heavy (non-hydrogen) atoms. The maximum Gasteiger partial charge on any atom is 0.182 e. The Bertz CT molecular complexity index is 1210. The number of ether oxygens (including phenoxy) is 2. The van der Waals surface area contributed by atoms with Gasteiger partial charge in [0.2, 0.25) is 0 Å². The molecule has 3 aromatic carbocycles. The molecule has 1 fully saturated rings. The van der Waals surface area contributed by atoms with Gasteiger partial charge in [0.25, 0.3) is 0 Å². The van der Waals surface area contributed by atoms with E-state index in [-0.39, 0.29) is 23.9 Å². The average Bonchev–Trinajstić information content (AvgIpc) is 2.95. The van der Waals surface area contributed by atoms with Gasteiger partial charge in [0.1, 0.15) is 23.8 Å². The Labute approximate surface area is 266 Å². The number of hydrogen-bond acceptors (Lipinski definition) is 4. The number of para-hydroxylation sites is 1. The minimum absolute atomic E-state index is 0. The summed E-state index contributed by atoms with van der Waals surface area (Å²) in [5.74, 6) is 2.10. The second-order valence-electron chi connectivity index (χ2n) is 10.7. The van der Waals surface area contributed by atoms with Crippen molar-refractivity contribution in [2.45, 2.75) is 65.2 Å². The second-order valence-corrected chi connectivity index (χ2v) is 13.0. The standard InChI is InChI=1S/C27H32NO3P.C8H13.CH3.Ni/c1-19-11-8-14-22(30-3)26(19)32(27-20(2)12-9-15-23(27)31-4)24-16-10-13-21(25(24)29)28-17-6-5-7-18-28;1-2-4-6-8-7-5-3-1;;/h8-16,29H,5-7,17-18H2,1-4H3;1-2,7H,3-6,8H2;1H3;/q;-1;+1;/p+1/b;2-1-;;. The number of nitrogens with zero attached hydrogens (tertiary/aromatic N) is 1. The van der Waals surface area contributed by atoms with Crippen LogP contribution in [-0.2, 0) is 16.5 Å². The molecular formula is C36H49NNiO3P+. The van der Waals surface area contributed by atoms with Gasteiger partial charge >= 0.3 is 0 Å². The molecule has 1 aliphatic heterocycles. The third-order valence-corrected chi connectivity index (χ3v) is 11.1. The zero-order valence-corrected chi connectivity index (χ0v) is 28.0. The third kappa shape index (κ3) is 8.71. The summed E-state index contributed by atoms with van der Waals surface area (Å²) in [7, 11) is 1.80. The van der Waals surface area contributed by atoms with E-state index in [0.717, 1.165) is 57.3 Å². The van der Waals surface area contributed by atoms with E-state index < -0.39 is 7.92 Å². The van der Waals surface area contributed by atoms with Gasteiger partial charge in [-0.25, -0.2) is 0 Å². The molecule has 0 saturated carbocycles. The molecule has 0 radical (unpaired) electrons. The van der Waals surface area contributed by atoms with Crippen LogP contribution in [0.5, 0.6) is 17.2 Å². The molecule has 0 spiro atoms. The summed E-state index contributed by atoms with van der Waals surface area (Å²) in [5, 5.41) is 14.9. The van der Waals surface area contributed by atoms with Crippen LogP contribution in [0, 0.1) is 27.7 Å². The van der Waals surface area contributed by atoms with E-state index in [1.54, 1.807) is 14.2 Å². The van der Waals surface area contributed by atoms with Crippen molar-refractivity contribution >= 4 is 29.5 Å². The van der Waals surface area contributed by atoms with Gasteiger partial charge < -0.3 is 25.9 Å². The Hall–Kier alpha value is -2.61. The first-order valence-electron chi connectivity index (χ1n) is 14.8. The molecule has 6 heteroatoms. The number of phenolic OH excluding ortho intramolecular Hbond substituents is 1. The molecule has 1 aliphatic carbocycles. The summed E-state index contributed by atoms with van der Waals surface area (Å²) in [6.45, 7) is 6.22. The normalized spacial score (nSPS) is 15.6. The minimum Gasteiger partial charge on any atom is -0.503 e. The molecule has 230 valence electrons. The number of hydrogen-bond donors (Lipinski definition) is 1. The van der Waals surface area contributed by atoms with Crippen molar-refractivity contribution in [2.24, 2.45) is 0 Å². The van der Waals surface area contributed by atoms with Gasteiger partial charge in [0.05, 0.1) is 19.9 Å². The largest absolute Gasteiger partial charge is 0.503 e. The molecule has 4 nitrogen and oxygen atoms in total. The van der Waals surface area contributed by atoms with Gasteiger partial charge in [0.15, 0.2) is 17.2 Å². The van der Waals surface area contributed by atoms with Crippen LogP contribution in [0.25, 0.3) is 0 Å². The number of methoxy groups -OCH3 is 2.